The number of nitrogens with zero attached hydrogens (tertiary/aromatic N) is 3. The van der Waals surface area contributed by atoms with E-state index >= 15 is 0 Å². The summed E-state index contributed by atoms with van der Waals surface area (Å²) in [6, 6.07) is 22.5. The fourth-order valence-electron chi connectivity index (χ4n) is 5.80. The van der Waals surface area contributed by atoms with Crippen LogP contribution < -0.4 is 10.6 Å². The first-order valence-corrected chi connectivity index (χ1v) is 12.5. The monoisotopic (exact) mass is 491 g/mol. The Morgan fingerprint density at radius 3 is 2.78 bits per heavy atom. The van der Waals surface area contributed by atoms with E-state index in [0.29, 0.717) is 6.42 Å². The highest BCUT2D eigenvalue weighted by Gasteiger charge is 2.67. The normalized spacial score (nSPS) is 20.5. The highest BCUT2D eigenvalue weighted by molar-refractivity contribution is 6.13. The van der Waals surface area contributed by atoms with Crippen molar-refractivity contribution in [3.05, 3.63) is 94.7 Å². The van der Waals surface area contributed by atoms with Crippen LogP contribution in [0, 0.1) is 0 Å². The number of amides is 2. The Morgan fingerprint density at radius 2 is 1.97 bits per heavy atom. The van der Waals surface area contributed by atoms with Crippen LogP contribution in [0.25, 0.3) is 23.1 Å². The third-order valence-corrected chi connectivity index (χ3v) is 7.48. The minimum atomic E-state index is -0.625. The van der Waals surface area contributed by atoms with Crippen LogP contribution in [-0.2, 0) is 21.5 Å². The minimum Gasteiger partial charge on any atom is -0.368 e. The van der Waals surface area contributed by atoms with E-state index in [1.165, 1.54) is 5.56 Å². The van der Waals surface area contributed by atoms with Gasteiger partial charge >= 0.3 is 0 Å². The van der Waals surface area contributed by atoms with Gasteiger partial charge in [-0.25, -0.2) is 0 Å². The molecule has 0 radical (unpaired) electrons. The number of aromatic amines is 1. The zero-order chi connectivity index (χ0) is 25.7. The molecule has 0 saturated heterocycles. The molecule has 7 nitrogen and oxygen atoms in total. The molecule has 2 heterocycles. The summed E-state index contributed by atoms with van der Waals surface area (Å²) in [6.07, 6.45) is 4.83. The zero-order valence-corrected chi connectivity index (χ0v) is 20.9. The van der Waals surface area contributed by atoms with Crippen molar-refractivity contribution >= 4 is 40.6 Å². The van der Waals surface area contributed by atoms with Crippen LogP contribution in [0.1, 0.15) is 40.3 Å². The first kappa shape index (κ1) is 23.2. The van der Waals surface area contributed by atoms with Crippen LogP contribution in [-0.4, -0.2) is 47.6 Å². The molecule has 4 aromatic rings. The number of primary amides is 1. The Labute approximate surface area is 215 Å². The van der Waals surface area contributed by atoms with Crippen LogP contribution in [0.4, 0.5) is 5.69 Å². The molecular formula is C30H29N5O2. The lowest BCUT2D eigenvalue weighted by molar-refractivity contribution is -0.123. The molecule has 7 heteroatoms. The smallest absolute Gasteiger partial charge is 0.238 e. The molecule has 37 heavy (non-hydrogen) atoms. The number of carbonyl (C=O) groups excluding carboxylic acids is 2. The van der Waals surface area contributed by atoms with Gasteiger partial charge in [-0.05, 0) is 61.0 Å². The summed E-state index contributed by atoms with van der Waals surface area (Å²) < 4.78 is 0. The molecule has 3 aromatic carbocycles. The number of nitrogens with one attached hydrogen (secondary N) is 1. The Hall–Kier alpha value is -4.23. The van der Waals surface area contributed by atoms with E-state index in [9.17, 15) is 9.59 Å². The molecular weight excluding hydrogens is 462 g/mol. The topological polar surface area (TPSA) is 95.3 Å². The lowest BCUT2D eigenvalue weighted by Gasteiger charge is -2.16. The van der Waals surface area contributed by atoms with Crippen molar-refractivity contribution < 1.29 is 9.59 Å². The molecule has 0 bridgehead atoms. The lowest BCUT2D eigenvalue weighted by Crippen LogP contribution is -2.39. The number of anilines is 1. The van der Waals surface area contributed by atoms with Gasteiger partial charge in [-0.15, -0.1) is 0 Å². The maximum Gasteiger partial charge on any atom is 0.238 e. The summed E-state index contributed by atoms with van der Waals surface area (Å²) in [5.41, 5.74) is 11.9. The molecule has 1 aliphatic heterocycles. The molecule has 1 aromatic heterocycles. The van der Waals surface area contributed by atoms with Crippen molar-refractivity contribution in [3.63, 3.8) is 0 Å². The van der Waals surface area contributed by atoms with Gasteiger partial charge in [-0.2, -0.15) is 5.10 Å². The van der Waals surface area contributed by atoms with E-state index < -0.39 is 11.3 Å². The first-order valence-electron chi connectivity index (χ1n) is 12.5. The highest BCUT2D eigenvalue weighted by atomic mass is 16.2. The number of H-pyrrole nitrogens is 1. The standard InChI is InChI=1S/C30H29N5O2/c1-34(2)17-20-7-5-6-19(14-20)10-13-25-22-12-11-21(15-26(22)33-32-25)24-16-30(24)23-8-3-4-9-27(23)35(29(30)37)18-28(31)36/h3-15,24H,16-18H2,1-2H3,(H2,31,36)(H,32,33)/b13-10+/t24-,30-/m0/s1. The van der Waals surface area contributed by atoms with E-state index in [4.69, 9.17) is 5.73 Å². The SMILES string of the molecule is CN(C)Cc1cccc(/C=C/c2n[nH]c3cc([C@@H]4C[C@@]45C(=O)N(CC(N)=O)c4ccccc45)ccc23)c1. The number of hydrogen-bond acceptors (Lipinski definition) is 4. The predicted molar refractivity (Wildman–Crippen MR) is 146 cm³/mol. The predicted octanol–water partition coefficient (Wildman–Crippen LogP) is 4.05. The molecule has 2 aliphatic rings. The second kappa shape index (κ2) is 8.71. The van der Waals surface area contributed by atoms with Gasteiger partial charge in [0.1, 0.15) is 6.54 Å². The second-order valence-corrected chi connectivity index (χ2v) is 10.3. The van der Waals surface area contributed by atoms with Gasteiger partial charge in [-0.1, -0.05) is 60.7 Å². The van der Waals surface area contributed by atoms with Crippen molar-refractivity contribution in [2.75, 3.05) is 25.5 Å². The molecule has 0 unspecified atom stereocenters. The third kappa shape index (κ3) is 3.92. The van der Waals surface area contributed by atoms with Crippen molar-refractivity contribution in [2.24, 2.45) is 5.73 Å². The van der Waals surface area contributed by atoms with Crippen LogP contribution in [0.5, 0.6) is 0 Å². The fraction of sp³-hybridized carbons (Fsp3) is 0.233. The summed E-state index contributed by atoms with van der Waals surface area (Å²) >= 11 is 0. The van der Waals surface area contributed by atoms with E-state index in [1.54, 1.807) is 4.90 Å². The summed E-state index contributed by atoms with van der Waals surface area (Å²) in [6.45, 7) is 0.795. The van der Waals surface area contributed by atoms with E-state index in [1.807, 2.05) is 30.3 Å². The van der Waals surface area contributed by atoms with Gasteiger partial charge in [0.05, 0.1) is 16.6 Å². The van der Waals surface area contributed by atoms with Crippen LogP contribution in [0.15, 0.2) is 66.7 Å². The van der Waals surface area contributed by atoms with Gasteiger partial charge in [0.25, 0.3) is 0 Å². The molecule has 1 saturated carbocycles. The summed E-state index contributed by atoms with van der Waals surface area (Å²) in [7, 11) is 4.13. The average Bonchev–Trinajstić information content (AvgIpc) is 3.44. The Morgan fingerprint density at radius 1 is 1.14 bits per heavy atom. The molecule has 186 valence electrons. The van der Waals surface area contributed by atoms with Gasteiger partial charge < -0.3 is 15.5 Å². The lowest BCUT2D eigenvalue weighted by atomic mass is 9.92. The summed E-state index contributed by atoms with van der Waals surface area (Å²) in [5, 5.41) is 8.74. The van der Waals surface area contributed by atoms with Crippen LogP contribution in [0.3, 0.4) is 0 Å². The second-order valence-electron chi connectivity index (χ2n) is 10.3. The number of hydrogen-bond donors (Lipinski definition) is 2. The summed E-state index contributed by atoms with van der Waals surface area (Å²) in [5.74, 6) is -0.506. The van der Waals surface area contributed by atoms with E-state index in [0.717, 1.165) is 45.5 Å². The van der Waals surface area contributed by atoms with Gasteiger partial charge in [0.2, 0.25) is 11.8 Å². The van der Waals surface area contributed by atoms with Gasteiger partial charge in [-0.3, -0.25) is 14.7 Å². The highest BCUT2D eigenvalue weighted by Crippen LogP contribution is 2.66. The third-order valence-electron chi connectivity index (χ3n) is 7.48. The molecule has 1 spiro atoms. The number of carbonyl (C=O) groups is 2. The zero-order valence-electron chi connectivity index (χ0n) is 20.9. The largest absolute Gasteiger partial charge is 0.368 e. The van der Waals surface area contributed by atoms with Crippen molar-refractivity contribution in [3.8, 4) is 0 Å². The Bertz CT molecular complexity index is 1570. The molecule has 3 N–H and O–H groups in total. The fourth-order valence-corrected chi connectivity index (χ4v) is 5.80. The quantitative estimate of drug-likeness (QED) is 0.408. The van der Waals surface area contributed by atoms with Crippen molar-refractivity contribution in [2.45, 2.75) is 24.3 Å². The average molecular weight is 492 g/mol. The summed E-state index contributed by atoms with van der Waals surface area (Å²) in [4.78, 5) is 28.9. The number of rotatable bonds is 7. The van der Waals surface area contributed by atoms with Gasteiger partial charge in [0.15, 0.2) is 0 Å². The number of fused-ring (bicyclic) bond motifs is 3. The van der Waals surface area contributed by atoms with E-state index in [-0.39, 0.29) is 18.4 Å². The number of benzene rings is 3. The first-order chi connectivity index (χ1) is 17.9. The molecule has 2 atom stereocenters. The Balaban J connectivity index is 1.27. The minimum absolute atomic E-state index is 0.0395. The molecule has 1 aliphatic carbocycles. The van der Waals surface area contributed by atoms with Gasteiger partial charge in [0, 0.05) is 23.5 Å². The van der Waals surface area contributed by atoms with Crippen molar-refractivity contribution in [1.29, 1.82) is 0 Å². The van der Waals surface area contributed by atoms with E-state index in [2.05, 4.69) is 77.7 Å². The maximum absolute atomic E-state index is 13.5. The Kier molecular flexibility index (Phi) is 5.46. The van der Waals surface area contributed by atoms with Crippen molar-refractivity contribution in [1.82, 2.24) is 15.1 Å². The number of para-hydroxylation sites is 1. The van der Waals surface area contributed by atoms with Crippen LogP contribution >= 0.6 is 0 Å². The number of nitrogens with two attached hydrogens (primary N) is 1. The number of aromatic nitrogens is 2. The molecule has 2 amide bonds. The maximum atomic E-state index is 13.5. The molecule has 1 fully saturated rings. The molecule has 6 rings (SSSR count). The van der Waals surface area contributed by atoms with Crippen LogP contribution in [0.2, 0.25) is 0 Å².